The smallest absolute Gasteiger partial charge is 0.346 e. The van der Waals surface area contributed by atoms with Crippen molar-refractivity contribution in [3.8, 4) is 26.3 Å². The molecule has 6 heteroatoms. The van der Waals surface area contributed by atoms with Crippen molar-refractivity contribution in [1.82, 2.24) is 0 Å². The molecule has 8 rings (SSSR count). The summed E-state index contributed by atoms with van der Waals surface area (Å²) in [7, 11) is 0. The molecule has 0 amide bonds. The molecule has 0 bridgehead atoms. The summed E-state index contributed by atoms with van der Waals surface area (Å²) in [5.41, 5.74) is 9.77. The Morgan fingerprint density at radius 3 is 2.12 bits per heavy atom. The van der Waals surface area contributed by atoms with Gasteiger partial charge in [-0.15, -0.1) is 22.7 Å². The number of fused-ring (bicyclic) bond motifs is 3. The highest BCUT2D eigenvalue weighted by Gasteiger charge is 2.42. The Bertz CT molecular complexity index is 2210. The van der Waals surface area contributed by atoms with Crippen LogP contribution in [-0.2, 0) is 4.79 Å². The summed E-state index contributed by atoms with van der Waals surface area (Å²) in [6, 6.07) is 47.6. The summed E-state index contributed by atoms with van der Waals surface area (Å²) in [5.74, 6) is -0.687. The summed E-state index contributed by atoms with van der Waals surface area (Å²) in [6.45, 7) is 0. The summed E-state index contributed by atoms with van der Waals surface area (Å²) in [4.78, 5) is 18.0. The minimum atomic E-state index is -1.21. The van der Waals surface area contributed by atoms with Crippen molar-refractivity contribution in [3.63, 3.8) is 0 Å². The molecular weight excluding hydrogens is 641 g/mol. The first-order valence-corrected chi connectivity index (χ1v) is 18.1. The maximum Gasteiger partial charge on any atom is 0.346 e. The number of carboxylic acid groups (broad SMARTS) is 1. The molecule has 238 valence electrons. The van der Waals surface area contributed by atoms with Crippen molar-refractivity contribution in [1.29, 1.82) is 5.26 Å². The Labute approximate surface area is 294 Å². The third kappa shape index (κ3) is 6.04. The van der Waals surface area contributed by atoms with Gasteiger partial charge >= 0.3 is 5.97 Å². The van der Waals surface area contributed by atoms with Crippen LogP contribution in [0.25, 0.3) is 37.9 Å². The van der Waals surface area contributed by atoms with Crippen LogP contribution in [-0.4, -0.2) is 17.1 Å². The molecule has 2 unspecified atom stereocenters. The van der Waals surface area contributed by atoms with Gasteiger partial charge < -0.3 is 10.0 Å². The summed E-state index contributed by atoms with van der Waals surface area (Å²) in [6.07, 6.45) is 7.36. The van der Waals surface area contributed by atoms with Crippen molar-refractivity contribution < 1.29 is 9.90 Å². The monoisotopic (exact) mass is 672 g/mol. The fourth-order valence-corrected chi connectivity index (χ4v) is 9.33. The highest BCUT2D eigenvalue weighted by molar-refractivity contribution is 7.24. The molecule has 1 aliphatic heterocycles. The van der Waals surface area contributed by atoms with E-state index < -0.39 is 5.97 Å². The molecule has 0 spiro atoms. The van der Waals surface area contributed by atoms with E-state index in [1.165, 1.54) is 86.3 Å². The lowest BCUT2D eigenvalue weighted by Crippen LogP contribution is -2.26. The van der Waals surface area contributed by atoms with E-state index in [0.29, 0.717) is 12.0 Å². The third-order valence-electron chi connectivity index (χ3n) is 9.55. The summed E-state index contributed by atoms with van der Waals surface area (Å²) < 4.78 is 0. The van der Waals surface area contributed by atoms with E-state index in [0.717, 1.165) is 14.6 Å². The van der Waals surface area contributed by atoms with Crippen LogP contribution in [0.2, 0.25) is 0 Å². The topological polar surface area (TPSA) is 64.3 Å². The van der Waals surface area contributed by atoms with Gasteiger partial charge in [-0.3, -0.25) is 0 Å². The minimum Gasteiger partial charge on any atom is -0.477 e. The van der Waals surface area contributed by atoms with Crippen molar-refractivity contribution in [2.75, 3.05) is 4.90 Å². The van der Waals surface area contributed by atoms with Crippen molar-refractivity contribution in [2.24, 2.45) is 0 Å². The zero-order chi connectivity index (χ0) is 33.3. The zero-order valence-electron chi connectivity index (χ0n) is 26.6. The number of nitriles is 1. The van der Waals surface area contributed by atoms with E-state index in [2.05, 4.69) is 126 Å². The van der Waals surface area contributed by atoms with Gasteiger partial charge in [0.1, 0.15) is 11.6 Å². The number of hydrogen-bond acceptors (Lipinski definition) is 5. The van der Waals surface area contributed by atoms with Crippen LogP contribution >= 0.6 is 22.7 Å². The lowest BCUT2D eigenvalue weighted by atomic mass is 9.95. The molecular formula is C43H32N2O2S2. The second-order valence-electron chi connectivity index (χ2n) is 12.5. The number of carbonyl (C=O) groups is 1. The summed E-state index contributed by atoms with van der Waals surface area (Å²) >= 11 is 3.24. The Morgan fingerprint density at radius 1 is 0.755 bits per heavy atom. The molecule has 2 aliphatic rings. The average Bonchev–Trinajstić information content (AvgIpc) is 3.96. The van der Waals surface area contributed by atoms with Crippen LogP contribution in [0.1, 0.15) is 52.3 Å². The minimum absolute atomic E-state index is 0.259. The van der Waals surface area contributed by atoms with Crippen molar-refractivity contribution in [3.05, 3.63) is 160 Å². The first-order valence-electron chi connectivity index (χ1n) is 16.5. The fourth-order valence-electron chi connectivity index (χ4n) is 7.28. The number of thiophene rings is 2. The maximum absolute atomic E-state index is 11.3. The van der Waals surface area contributed by atoms with E-state index >= 15 is 0 Å². The maximum atomic E-state index is 11.3. The first kappa shape index (κ1) is 30.8. The van der Waals surface area contributed by atoms with Gasteiger partial charge in [-0.2, -0.15) is 5.26 Å². The Balaban J connectivity index is 1.07. The van der Waals surface area contributed by atoms with Crippen LogP contribution in [0.4, 0.5) is 11.4 Å². The number of carboxylic acids is 1. The predicted octanol–water partition coefficient (Wildman–Crippen LogP) is 11.5. The van der Waals surface area contributed by atoms with Gasteiger partial charge in [0.25, 0.3) is 0 Å². The van der Waals surface area contributed by atoms with Crippen LogP contribution in [0.3, 0.4) is 0 Å². The predicted molar refractivity (Wildman–Crippen MR) is 203 cm³/mol. The van der Waals surface area contributed by atoms with Gasteiger partial charge in [0.05, 0.1) is 0 Å². The number of aliphatic carboxylic acids is 1. The van der Waals surface area contributed by atoms with E-state index in [1.807, 2.05) is 12.1 Å². The van der Waals surface area contributed by atoms with Gasteiger partial charge in [0.2, 0.25) is 0 Å². The zero-order valence-corrected chi connectivity index (χ0v) is 28.3. The first-order chi connectivity index (χ1) is 24.1. The van der Waals surface area contributed by atoms with Crippen LogP contribution in [0.15, 0.2) is 133 Å². The van der Waals surface area contributed by atoms with E-state index in [1.54, 1.807) is 17.4 Å². The molecule has 0 radical (unpaired) electrons. The van der Waals surface area contributed by atoms with Gasteiger partial charge in [-0.25, -0.2) is 4.79 Å². The highest BCUT2D eigenvalue weighted by Crippen LogP contribution is 2.53. The quantitative estimate of drug-likeness (QED) is 0.0993. The molecule has 49 heavy (non-hydrogen) atoms. The largest absolute Gasteiger partial charge is 0.477 e. The molecule has 2 aromatic heterocycles. The van der Waals surface area contributed by atoms with Crippen LogP contribution in [0, 0.1) is 11.3 Å². The molecule has 1 fully saturated rings. The number of nitrogens with zero attached hydrogens (tertiary/aromatic N) is 2. The van der Waals surface area contributed by atoms with Crippen LogP contribution in [0.5, 0.6) is 0 Å². The van der Waals surface area contributed by atoms with Crippen molar-refractivity contribution in [2.45, 2.75) is 31.2 Å². The SMILES string of the molecule is N#C/C(=C\c1ccc(-c2ccc(-c3ccc4c(c3)C3CCCC3N4c3ccc(C=C(c4ccccc4)c4ccccc4)cc3)s2)s1)C(=O)O. The fraction of sp³-hybridized carbons (Fsp3) is 0.116. The van der Waals surface area contributed by atoms with Gasteiger partial charge in [0.15, 0.2) is 0 Å². The molecule has 4 nitrogen and oxygen atoms in total. The van der Waals surface area contributed by atoms with E-state index in [-0.39, 0.29) is 5.57 Å². The molecule has 1 N–H and O–H groups in total. The average molecular weight is 673 g/mol. The molecule has 4 aromatic carbocycles. The van der Waals surface area contributed by atoms with Gasteiger partial charge in [-0.1, -0.05) is 85.3 Å². The number of rotatable bonds is 8. The lowest BCUT2D eigenvalue weighted by Gasteiger charge is -2.27. The lowest BCUT2D eigenvalue weighted by molar-refractivity contribution is -0.132. The second kappa shape index (κ2) is 13.2. The molecule has 3 heterocycles. The molecule has 1 aliphatic carbocycles. The normalized spacial score (nSPS) is 16.6. The Hall–Kier alpha value is -5.48. The van der Waals surface area contributed by atoms with Crippen LogP contribution < -0.4 is 4.90 Å². The van der Waals surface area contributed by atoms with Crippen molar-refractivity contribution >= 4 is 57.7 Å². The molecule has 2 atom stereocenters. The number of anilines is 2. The molecule has 0 saturated heterocycles. The standard InChI is InChI=1S/C43H32N2O2S2/c44-27-32(43(46)47)25-34-19-21-41(48-34)42-23-22-40(49-42)31-16-20-39-37(26-31)35-12-7-13-38(35)45(39)33-17-14-28(15-18-33)24-36(29-8-3-1-4-9-29)30-10-5-2-6-11-30/h1-6,8-11,14-26,35,38H,7,12-13H2,(H,46,47)/b32-25+. The second-order valence-corrected chi connectivity index (χ2v) is 14.7. The third-order valence-corrected chi connectivity index (χ3v) is 11.9. The molecule has 6 aromatic rings. The van der Waals surface area contributed by atoms with E-state index in [9.17, 15) is 9.90 Å². The number of hydrogen-bond donors (Lipinski definition) is 1. The summed E-state index contributed by atoms with van der Waals surface area (Å²) in [5, 5.41) is 18.3. The Kier molecular flexibility index (Phi) is 8.30. The highest BCUT2D eigenvalue weighted by atomic mass is 32.1. The number of benzene rings is 4. The van der Waals surface area contributed by atoms with Gasteiger partial charge in [0, 0.05) is 42.8 Å². The van der Waals surface area contributed by atoms with Gasteiger partial charge in [-0.05, 0) is 107 Å². The molecule has 1 saturated carbocycles. The van der Waals surface area contributed by atoms with E-state index in [4.69, 9.17) is 5.26 Å². The Morgan fingerprint density at radius 2 is 1.43 bits per heavy atom.